The first-order valence-corrected chi connectivity index (χ1v) is 8.21. The number of nitrogens with zero attached hydrogens (tertiary/aromatic N) is 1. The highest BCUT2D eigenvalue weighted by Gasteiger charge is 2.22. The summed E-state index contributed by atoms with van der Waals surface area (Å²) >= 11 is 1.79. The third-order valence-electron chi connectivity index (χ3n) is 3.27. The predicted octanol–water partition coefficient (Wildman–Crippen LogP) is 1.79. The molecule has 0 heterocycles. The monoisotopic (exact) mass is 288 g/mol. The van der Waals surface area contributed by atoms with Crippen LogP contribution in [0.25, 0.3) is 0 Å². The summed E-state index contributed by atoms with van der Waals surface area (Å²) in [4.78, 5) is 25.5. The number of hydrogen-bond acceptors (Lipinski definition) is 4. The van der Waals surface area contributed by atoms with Crippen molar-refractivity contribution in [2.24, 2.45) is 5.92 Å². The zero-order valence-electron chi connectivity index (χ0n) is 13.0. The van der Waals surface area contributed by atoms with E-state index in [1.807, 2.05) is 20.9 Å². The first-order chi connectivity index (χ1) is 8.83. The molecule has 2 unspecified atom stereocenters. The van der Waals surface area contributed by atoms with E-state index >= 15 is 0 Å². The molecule has 0 aromatic rings. The van der Waals surface area contributed by atoms with Crippen LogP contribution >= 0.6 is 11.8 Å². The van der Waals surface area contributed by atoms with E-state index in [4.69, 9.17) is 0 Å². The maximum Gasteiger partial charge on any atom is 0.234 e. The maximum absolute atomic E-state index is 12.0. The zero-order valence-corrected chi connectivity index (χ0v) is 13.8. The van der Waals surface area contributed by atoms with Gasteiger partial charge in [0, 0.05) is 11.8 Å². The van der Waals surface area contributed by atoms with E-state index in [0.29, 0.717) is 12.6 Å². The molecular formula is C14H28N2O2S. The van der Waals surface area contributed by atoms with Crippen molar-refractivity contribution in [3.8, 4) is 0 Å². The Labute approximate surface area is 121 Å². The van der Waals surface area contributed by atoms with Crippen LogP contribution in [0.4, 0.5) is 0 Å². The van der Waals surface area contributed by atoms with Crippen molar-refractivity contribution >= 4 is 23.5 Å². The molecule has 0 aliphatic rings. The minimum atomic E-state index is -0.374. The van der Waals surface area contributed by atoms with Crippen molar-refractivity contribution in [1.29, 1.82) is 0 Å². The van der Waals surface area contributed by atoms with E-state index in [1.54, 1.807) is 11.8 Å². The van der Waals surface area contributed by atoms with Gasteiger partial charge in [-0.2, -0.15) is 11.8 Å². The highest BCUT2D eigenvalue weighted by molar-refractivity contribution is 7.98. The standard InChI is InChI=1S/C14H28N2O2S/c1-7-12(9-19-6)16(5)8-13(18)15-14(10(2)3)11(4)17/h10,12,14H,7-9H2,1-6H3,(H,15,18). The van der Waals surface area contributed by atoms with Crippen molar-refractivity contribution in [3.63, 3.8) is 0 Å². The van der Waals surface area contributed by atoms with Crippen molar-refractivity contribution in [2.75, 3.05) is 25.6 Å². The molecule has 1 N–H and O–H groups in total. The molecule has 0 bridgehead atoms. The van der Waals surface area contributed by atoms with Gasteiger partial charge in [-0.05, 0) is 32.6 Å². The van der Waals surface area contributed by atoms with Crippen LogP contribution in [-0.4, -0.2) is 54.3 Å². The summed E-state index contributed by atoms with van der Waals surface area (Å²) in [6, 6.07) is 0.0251. The molecule has 0 aromatic carbocycles. The number of likely N-dealkylation sites (N-methyl/N-ethyl adjacent to an activating group) is 1. The predicted molar refractivity (Wildman–Crippen MR) is 82.5 cm³/mol. The first kappa shape index (κ1) is 18.4. The number of ketones is 1. The van der Waals surface area contributed by atoms with Crippen LogP contribution in [-0.2, 0) is 9.59 Å². The molecule has 0 saturated heterocycles. The van der Waals surface area contributed by atoms with Gasteiger partial charge in [0.25, 0.3) is 0 Å². The lowest BCUT2D eigenvalue weighted by Gasteiger charge is -2.27. The molecule has 19 heavy (non-hydrogen) atoms. The molecule has 0 fully saturated rings. The number of rotatable bonds is 9. The fourth-order valence-corrected chi connectivity index (χ4v) is 2.94. The lowest BCUT2D eigenvalue weighted by Crippen LogP contribution is -2.48. The Morgan fingerprint density at radius 1 is 1.32 bits per heavy atom. The molecular weight excluding hydrogens is 260 g/mol. The summed E-state index contributed by atoms with van der Waals surface area (Å²) in [7, 11) is 1.96. The number of amides is 1. The Balaban J connectivity index is 4.39. The summed E-state index contributed by atoms with van der Waals surface area (Å²) in [5, 5.41) is 2.83. The largest absolute Gasteiger partial charge is 0.345 e. The van der Waals surface area contributed by atoms with Crippen LogP contribution in [0, 0.1) is 5.92 Å². The number of thioether (sulfide) groups is 1. The summed E-state index contributed by atoms with van der Waals surface area (Å²) in [6.07, 6.45) is 3.09. The fourth-order valence-electron chi connectivity index (χ4n) is 2.06. The average molecular weight is 288 g/mol. The second kappa shape index (κ2) is 9.37. The maximum atomic E-state index is 12.0. The van der Waals surface area contributed by atoms with Crippen LogP contribution in [0.15, 0.2) is 0 Å². The number of hydrogen-bond donors (Lipinski definition) is 1. The summed E-state index contributed by atoms with van der Waals surface area (Å²) < 4.78 is 0. The highest BCUT2D eigenvalue weighted by atomic mass is 32.2. The second-order valence-electron chi connectivity index (χ2n) is 5.33. The first-order valence-electron chi connectivity index (χ1n) is 6.82. The smallest absolute Gasteiger partial charge is 0.234 e. The van der Waals surface area contributed by atoms with Crippen molar-refractivity contribution in [3.05, 3.63) is 0 Å². The number of nitrogens with one attached hydrogen (secondary N) is 1. The molecule has 0 radical (unpaired) electrons. The van der Waals surface area contributed by atoms with E-state index in [-0.39, 0.29) is 23.7 Å². The highest BCUT2D eigenvalue weighted by Crippen LogP contribution is 2.08. The lowest BCUT2D eigenvalue weighted by atomic mass is 10.0. The average Bonchev–Trinajstić information content (AvgIpc) is 2.31. The summed E-state index contributed by atoms with van der Waals surface area (Å²) in [6.45, 7) is 7.88. The molecule has 112 valence electrons. The molecule has 0 aliphatic carbocycles. The summed E-state index contributed by atoms with van der Waals surface area (Å²) in [5.41, 5.74) is 0. The number of carbonyl (C=O) groups excluding carboxylic acids is 2. The van der Waals surface area contributed by atoms with Crippen molar-refractivity contribution < 1.29 is 9.59 Å². The normalized spacial score (nSPS) is 14.5. The number of Topliss-reactive ketones (excluding diaryl/α,β-unsaturated/α-hetero) is 1. The van der Waals surface area contributed by atoms with Crippen LogP contribution in [0.1, 0.15) is 34.1 Å². The molecule has 5 heteroatoms. The minimum absolute atomic E-state index is 0.0159. The van der Waals surface area contributed by atoms with Gasteiger partial charge < -0.3 is 5.32 Å². The van der Waals surface area contributed by atoms with Crippen molar-refractivity contribution in [1.82, 2.24) is 10.2 Å². The molecule has 2 atom stereocenters. The van der Waals surface area contributed by atoms with Gasteiger partial charge >= 0.3 is 0 Å². The van der Waals surface area contributed by atoms with Crippen molar-refractivity contribution in [2.45, 2.75) is 46.2 Å². The SMILES string of the molecule is CCC(CSC)N(C)CC(=O)NC(C(C)=O)C(C)C. The second-order valence-corrected chi connectivity index (χ2v) is 6.24. The van der Waals surface area contributed by atoms with Gasteiger partial charge in [-0.25, -0.2) is 0 Å². The lowest BCUT2D eigenvalue weighted by molar-refractivity contribution is -0.128. The van der Waals surface area contributed by atoms with Gasteiger partial charge in [0.2, 0.25) is 5.91 Å². The van der Waals surface area contributed by atoms with Gasteiger partial charge in [-0.3, -0.25) is 14.5 Å². The fraction of sp³-hybridized carbons (Fsp3) is 0.857. The Hall–Kier alpha value is -0.550. The third-order valence-corrected chi connectivity index (χ3v) is 3.99. The van der Waals surface area contributed by atoms with Crippen LogP contribution in [0.5, 0.6) is 0 Å². The molecule has 0 aliphatic heterocycles. The van der Waals surface area contributed by atoms with Crippen LogP contribution < -0.4 is 5.32 Å². The molecule has 0 rings (SSSR count). The molecule has 0 aromatic heterocycles. The molecule has 0 saturated carbocycles. The Morgan fingerprint density at radius 3 is 2.26 bits per heavy atom. The van der Waals surface area contributed by atoms with Gasteiger partial charge in [-0.15, -0.1) is 0 Å². The van der Waals surface area contributed by atoms with Gasteiger partial charge in [0.15, 0.2) is 5.78 Å². The van der Waals surface area contributed by atoms with E-state index < -0.39 is 0 Å². The van der Waals surface area contributed by atoms with Crippen LogP contribution in [0.3, 0.4) is 0 Å². The zero-order chi connectivity index (χ0) is 15.0. The molecule has 4 nitrogen and oxygen atoms in total. The molecule has 1 amide bonds. The minimum Gasteiger partial charge on any atom is -0.345 e. The van der Waals surface area contributed by atoms with E-state index in [0.717, 1.165) is 12.2 Å². The number of carbonyl (C=O) groups is 2. The van der Waals surface area contributed by atoms with Gasteiger partial charge in [0.05, 0.1) is 12.6 Å². The molecule has 0 spiro atoms. The topological polar surface area (TPSA) is 49.4 Å². The van der Waals surface area contributed by atoms with E-state index in [2.05, 4.69) is 23.4 Å². The Morgan fingerprint density at radius 2 is 1.89 bits per heavy atom. The Kier molecular flexibility index (Phi) is 9.10. The van der Waals surface area contributed by atoms with Gasteiger partial charge in [-0.1, -0.05) is 20.8 Å². The Bertz CT molecular complexity index is 295. The van der Waals surface area contributed by atoms with Gasteiger partial charge in [0.1, 0.15) is 0 Å². The third kappa shape index (κ3) is 6.97. The quantitative estimate of drug-likeness (QED) is 0.703. The van der Waals surface area contributed by atoms with E-state index in [1.165, 1.54) is 6.92 Å². The summed E-state index contributed by atoms with van der Waals surface area (Å²) in [5.74, 6) is 1.08. The van der Waals surface area contributed by atoms with Crippen LogP contribution in [0.2, 0.25) is 0 Å². The van der Waals surface area contributed by atoms with E-state index in [9.17, 15) is 9.59 Å².